The van der Waals surface area contributed by atoms with E-state index in [-0.39, 0.29) is 0 Å². The number of aryl methyl sites for hydroxylation is 1. The monoisotopic (exact) mass is 162 g/mol. The third-order valence-electron chi connectivity index (χ3n) is 0.931. The predicted octanol–water partition coefficient (Wildman–Crippen LogP) is 2.61. The normalized spacial score (nSPS) is 9.27. The van der Waals surface area contributed by atoms with Crippen molar-refractivity contribution >= 4 is 0 Å². The highest BCUT2D eigenvalue weighted by Crippen LogP contribution is 2.07. The van der Waals surface area contributed by atoms with Gasteiger partial charge in [0.05, 0.1) is 6.20 Å². The summed E-state index contributed by atoms with van der Waals surface area (Å²) in [5, 5.41) is 3.38. The highest BCUT2D eigenvalue weighted by molar-refractivity contribution is 4.99. The van der Waals surface area contributed by atoms with Crippen LogP contribution in [0.5, 0.6) is 0 Å². The summed E-state index contributed by atoms with van der Waals surface area (Å²) in [5.41, 5.74) is 0.746. The van der Waals surface area contributed by atoms with Crippen LogP contribution in [0.3, 0.4) is 0 Å². The Balaban J connectivity index is 0.000000461. The van der Waals surface area contributed by atoms with Gasteiger partial charge in [-0.3, -0.25) is 0 Å². The summed E-state index contributed by atoms with van der Waals surface area (Å²) in [6, 6.07) is 0. The molecular weight excluding hydrogens is 150 g/mol. The first kappa shape index (κ1) is 10.1. The first-order chi connectivity index (χ1) is 5.20. The third-order valence-corrected chi connectivity index (χ3v) is 0.931. The second kappa shape index (κ2) is 4.82. The minimum Gasteiger partial charge on any atom is -0.211 e. The highest BCUT2D eigenvalue weighted by atomic mass is 19.3. The van der Waals surface area contributed by atoms with Crippen LogP contribution in [0.15, 0.2) is 12.4 Å². The maximum absolute atomic E-state index is 11.7. The predicted molar refractivity (Wildman–Crippen MR) is 39.6 cm³/mol. The number of aromatic nitrogens is 2. The van der Waals surface area contributed by atoms with Crippen LogP contribution in [-0.2, 0) is 0 Å². The van der Waals surface area contributed by atoms with Crippen molar-refractivity contribution in [2.24, 2.45) is 0 Å². The summed E-state index contributed by atoms with van der Waals surface area (Å²) < 4.78 is 24.0. The zero-order valence-electron chi connectivity index (χ0n) is 6.88. The Morgan fingerprint density at radius 2 is 2.00 bits per heavy atom. The van der Waals surface area contributed by atoms with Crippen LogP contribution in [-0.4, -0.2) is 9.78 Å². The lowest BCUT2D eigenvalue weighted by atomic mass is 10.4. The largest absolute Gasteiger partial charge is 0.333 e. The van der Waals surface area contributed by atoms with Gasteiger partial charge in [-0.2, -0.15) is 13.9 Å². The van der Waals surface area contributed by atoms with Crippen LogP contribution in [0.1, 0.15) is 26.0 Å². The minimum atomic E-state index is -2.52. The first-order valence-corrected chi connectivity index (χ1v) is 3.49. The van der Waals surface area contributed by atoms with E-state index in [2.05, 4.69) is 5.10 Å². The van der Waals surface area contributed by atoms with E-state index in [1.807, 2.05) is 13.8 Å². The second-order valence-corrected chi connectivity index (χ2v) is 1.78. The molecule has 1 aromatic rings. The van der Waals surface area contributed by atoms with E-state index in [4.69, 9.17) is 0 Å². The fourth-order valence-corrected chi connectivity index (χ4v) is 0.540. The van der Waals surface area contributed by atoms with Crippen LogP contribution in [0.25, 0.3) is 0 Å². The molecule has 0 aliphatic rings. The molecule has 0 aromatic carbocycles. The number of hydrogen-bond donors (Lipinski definition) is 0. The summed E-state index contributed by atoms with van der Waals surface area (Å²) in [5.74, 6) is 0. The van der Waals surface area contributed by atoms with Gasteiger partial charge in [0, 0.05) is 6.20 Å². The van der Waals surface area contributed by atoms with Crippen molar-refractivity contribution in [1.29, 1.82) is 0 Å². The van der Waals surface area contributed by atoms with E-state index >= 15 is 0 Å². The molecule has 0 saturated carbocycles. The van der Waals surface area contributed by atoms with Gasteiger partial charge < -0.3 is 0 Å². The first-order valence-electron chi connectivity index (χ1n) is 3.49. The zero-order chi connectivity index (χ0) is 8.85. The van der Waals surface area contributed by atoms with Crippen molar-refractivity contribution in [3.05, 3.63) is 18.0 Å². The van der Waals surface area contributed by atoms with Crippen molar-refractivity contribution in [3.8, 4) is 0 Å². The molecule has 0 aliphatic carbocycles. The quantitative estimate of drug-likeness (QED) is 0.620. The molecule has 0 spiro atoms. The summed E-state index contributed by atoms with van der Waals surface area (Å²) >= 11 is 0. The lowest BCUT2D eigenvalue weighted by Crippen LogP contribution is -1.96. The molecule has 11 heavy (non-hydrogen) atoms. The Morgan fingerprint density at radius 3 is 2.18 bits per heavy atom. The molecular formula is C7H12F2N2. The van der Waals surface area contributed by atoms with Crippen molar-refractivity contribution in [2.45, 2.75) is 27.3 Å². The van der Waals surface area contributed by atoms with Crippen LogP contribution in [0.4, 0.5) is 8.78 Å². The lowest BCUT2D eigenvalue weighted by molar-refractivity contribution is 0.0565. The molecule has 0 bridgehead atoms. The SMILES string of the molecule is CC.Cc1cnn(C(F)F)c1. The number of hydrogen-bond acceptors (Lipinski definition) is 1. The smallest absolute Gasteiger partial charge is 0.211 e. The van der Waals surface area contributed by atoms with Crippen LogP contribution in [0, 0.1) is 6.92 Å². The molecule has 1 heterocycles. The summed E-state index contributed by atoms with van der Waals surface area (Å²) in [6.07, 6.45) is 2.69. The van der Waals surface area contributed by atoms with Crippen LogP contribution in [0.2, 0.25) is 0 Å². The van der Waals surface area contributed by atoms with Crippen molar-refractivity contribution in [3.63, 3.8) is 0 Å². The molecule has 0 amide bonds. The average Bonchev–Trinajstić information content (AvgIpc) is 2.40. The Hall–Kier alpha value is -0.930. The molecule has 1 rings (SSSR count). The Bertz CT molecular complexity index is 196. The molecule has 0 aliphatic heterocycles. The van der Waals surface area contributed by atoms with E-state index in [0.29, 0.717) is 4.68 Å². The Labute approximate surface area is 64.8 Å². The van der Waals surface area contributed by atoms with Crippen molar-refractivity contribution < 1.29 is 8.78 Å². The third kappa shape index (κ3) is 3.11. The Morgan fingerprint density at radius 1 is 1.45 bits per heavy atom. The molecule has 64 valence electrons. The number of nitrogens with zero attached hydrogens (tertiary/aromatic N) is 2. The van der Waals surface area contributed by atoms with Crippen LogP contribution < -0.4 is 0 Å². The average molecular weight is 162 g/mol. The minimum absolute atomic E-state index is 0.620. The number of alkyl halides is 2. The standard InChI is InChI=1S/C5H6F2N2.C2H6/c1-4-2-8-9(3-4)5(6)7;1-2/h2-3,5H,1H3;1-2H3. The maximum atomic E-state index is 11.7. The van der Waals surface area contributed by atoms with Gasteiger partial charge in [-0.05, 0) is 12.5 Å². The van der Waals surface area contributed by atoms with Gasteiger partial charge in [0.2, 0.25) is 0 Å². The van der Waals surface area contributed by atoms with E-state index in [1.54, 1.807) is 6.92 Å². The number of halogens is 2. The Kier molecular flexibility index (Phi) is 4.41. The van der Waals surface area contributed by atoms with E-state index < -0.39 is 6.55 Å². The van der Waals surface area contributed by atoms with Crippen LogP contribution >= 0.6 is 0 Å². The van der Waals surface area contributed by atoms with Gasteiger partial charge in [-0.25, -0.2) is 4.68 Å². The summed E-state index contributed by atoms with van der Waals surface area (Å²) in [6.45, 7) is 3.20. The molecule has 0 radical (unpaired) electrons. The van der Waals surface area contributed by atoms with Crippen molar-refractivity contribution in [2.75, 3.05) is 0 Å². The lowest BCUT2D eigenvalue weighted by Gasteiger charge is -1.94. The fraction of sp³-hybridized carbons (Fsp3) is 0.571. The maximum Gasteiger partial charge on any atom is 0.333 e. The fourth-order valence-electron chi connectivity index (χ4n) is 0.540. The summed E-state index contributed by atoms with van der Waals surface area (Å²) in [7, 11) is 0. The van der Waals surface area contributed by atoms with Gasteiger partial charge in [-0.15, -0.1) is 0 Å². The van der Waals surface area contributed by atoms with Gasteiger partial charge in [0.1, 0.15) is 0 Å². The molecule has 4 heteroatoms. The van der Waals surface area contributed by atoms with Crippen molar-refractivity contribution in [1.82, 2.24) is 9.78 Å². The molecule has 0 unspecified atom stereocenters. The molecule has 2 nitrogen and oxygen atoms in total. The van der Waals surface area contributed by atoms with Gasteiger partial charge in [0.25, 0.3) is 0 Å². The van der Waals surface area contributed by atoms with E-state index in [0.717, 1.165) is 5.56 Å². The molecule has 1 aromatic heterocycles. The molecule has 0 saturated heterocycles. The van der Waals surface area contributed by atoms with E-state index in [1.165, 1.54) is 12.4 Å². The second-order valence-electron chi connectivity index (χ2n) is 1.78. The molecule has 0 N–H and O–H groups in total. The number of rotatable bonds is 1. The topological polar surface area (TPSA) is 17.8 Å². The molecule has 0 atom stereocenters. The zero-order valence-corrected chi connectivity index (χ0v) is 6.88. The summed E-state index contributed by atoms with van der Waals surface area (Å²) in [4.78, 5) is 0. The van der Waals surface area contributed by atoms with Gasteiger partial charge >= 0.3 is 6.55 Å². The van der Waals surface area contributed by atoms with Gasteiger partial charge in [0.15, 0.2) is 0 Å². The van der Waals surface area contributed by atoms with Gasteiger partial charge in [-0.1, -0.05) is 13.8 Å². The highest BCUT2D eigenvalue weighted by Gasteiger charge is 2.03. The molecule has 0 fully saturated rings. The van der Waals surface area contributed by atoms with E-state index in [9.17, 15) is 8.78 Å².